The molecule has 0 aliphatic heterocycles. The van der Waals surface area contributed by atoms with E-state index < -0.39 is 40.0 Å². The van der Waals surface area contributed by atoms with Crippen LogP contribution in [0.4, 0.5) is 0 Å². The molecule has 3 aromatic rings. The van der Waals surface area contributed by atoms with Gasteiger partial charge in [-0.3, -0.25) is 35.2 Å². The van der Waals surface area contributed by atoms with Gasteiger partial charge in [-0.05, 0) is 30.3 Å². The smallest absolute Gasteiger partial charge is 0.338 e. The van der Waals surface area contributed by atoms with E-state index in [9.17, 15) is 27.9 Å². The van der Waals surface area contributed by atoms with Crippen LogP contribution in [0.15, 0.2) is 70.5 Å². The van der Waals surface area contributed by atoms with Crippen molar-refractivity contribution in [2.45, 2.75) is 10.9 Å². The summed E-state index contributed by atoms with van der Waals surface area (Å²) in [6.07, 6.45) is 1.45. The number of carboxylic acid groups (broad SMARTS) is 1. The van der Waals surface area contributed by atoms with Crippen molar-refractivity contribution in [2.24, 2.45) is 11.5 Å². The number of carbonyl (C=O) groups is 2. The quantitative estimate of drug-likeness (QED) is 0.0880. The molecule has 36 heavy (non-hydrogen) atoms. The summed E-state index contributed by atoms with van der Waals surface area (Å²) in [6.45, 7) is 0.0375. The molecule has 13 nitrogen and oxygen atoms in total. The average molecular weight is 518 g/mol. The maximum atomic E-state index is 12.6. The van der Waals surface area contributed by atoms with E-state index in [0.717, 1.165) is 6.07 Å². The summed E-state index contributed by atoms with van der Waals surface area (Å²) in [6, 6.07) is 11.3. The second-order valence-electron chi connectivity index (χ2n) is 7.51. The third-order valence-electron chi connectivity index (χ3n) is 4.85. The van der Waals surface area contributed by atoms with E-state index in [0.29, 0.717) is 17.8 Å². The molecule has 3 rings (SSSR count). The van der Waals surface area contributed by atoms with E-state index in [2.05, 4.69) is 10.3 Å². The van der Waals surface area contributed by atoms with Crippen molar-refractivity contribution in [3.05, 3.63) is 76.7 Å². The number of nitrogens with two attached hydrogens (primary N) is 2. The molecule has 0 radical (unpaired) electrons. The monoisotopic (exact) mass is 517 g/mol. The minimum atomic E-state index is -4.13. The number of aliphatic carboxylic acids is 1. The lowest BCUT2D eigenvalue weighted by molar-refractivity contribution is -0.461. The summed E-state index contributed by atoms with van der Waals surface area (Å²) in [5.41, 5.74) is 10.4. The first-order valence-electron chi connectivity index (χ1n) is 10.6. The molecular weight excluding hydrogens is 492 g/mol. The fourth-order valence-corrected chi connectivity index (χ4v) is 4.33. The van der Waals surface area contributed by atoms with Crippen molar-refractivity contribution < 1.29 is 32.8 Å². The Labute approximate surface area is 205 Å². The number of hydrogen-bond donors (Lipinski definition) is 6. The lowest BCUT2D eigenvalue weighted by Gasteiger charge is -2.16. The van der Waals surface area contributed by atoms with Gasteiger partial charge in [0.2, 0.25) is 10.0 Å². The Morgan fingerprint density at radius 1 is 1.11 bits per heavy atom. The maximum absolute atomic E-state index is 12.6. The van der Waals surface area contributed by atoms with Gasteiger partial charge in [-0.1, -0.05) is 18.2 Å². The van der Waals surface area contributed by atoms with E-state index in [4.69, 9.17) is 16.2 Å². The first-order valence-corrected chi connectivity index (χ1v) is 12.0. The lowest BCUT2D eigenvalue weighted by atomic mass is 10.2. The minimum absolute atomic E-state index is 0.0260. The maximum Gasteiger partial charge on any atom is 0.338 e. The molecule has 2 aromatic heterocycles. The van der Waals surface area contributed by atoms with Crippen molar-refractivity contribution in [3.63, 3.8) is 0 Å². The number of benzene rings is 1. The minimum Gasteiger partial charge on any atom is -0.489 e. The summed E-state index contributed by atoms with van der Waals surface area (Å²) >= 11 is 0. The number of sulfonamides is 1. The Bertz CT molecular complexity index is 1450. The van der Waals surface area contributed by atoms with Gasteiger partial charge in [0.25, 0.3) is 11.5 Å². The van der Waals surface area contributed by atoms with Crippen molar-refractivity contribution in [1.82, 2.24) is 14.4 Å². The molecule has 0 aliphatic carbocycles. The zero-order valence-corrected chi connectivity index (χ0v) is 19.7. The zero-order chi connectivity index (χ0) is 26.3. The molecule has 0 fully saturated rings. The van der Waals surface area contributed by atoms with Gasteiger partial charge in [-0.15, -0.1) is 0 Å². The number of guanidine groups is 1. The molecule has 1 amide bonds. The SMILES string of the molecule is NC(N)=[NH+]CCOc1ccc2cc(C(=O)NCC(NS(=O)(=O)c3ccccc3)C(=O)O)cc(=O)n2c1. The molecular formula is C22H25N6O7S+. The molecule has 1 atom stereocenters. The number of nitrogens with zero attached hydrogens (tertiary/aromatic N) is 1. The molecule has 8 N–H and O–H groups in total. The number of ether oxygens (including phenoxy) is 1. The summed E-state index contributed by atoms with van der Waals surface area (Å²) in [7, 11) is -4.13. The second-order valence-corrected chi connectivity index (χ2v) is 9.22. The van der Waals surface area contributed by atoms with Crippen LogP contribution in [0.1, 0.15) is 10.4 Å². The molecule has 0 bridgehead atoms. The molecule has 0 saturated heterocycles. The van der Waals surface area contributed by atoms with E-state index in [1.807, 2.05) is 4.72 Å². The predicted molar refractivity (Wildman–Crippen MR) is 129 cm³/mol. The van der Waals surface area contributed by atoms with Gasteiger partial charge in [0.1, 0.15) is 18.4 Å². The Kier molecular flexibility index (Phi) is 8.24. The highest BCUT2D eigenvalue weighted by molar-refractivity contribution is 7.89. The zero-order valence-electron chi connectivity index (χ0n) is 18.9. The largest absolute Gasteiger partial charge is 0.489 e. The Hall–Kier alpha value is -4.43. The van der Waals surface area contributed by atoms with Gasteiger partial charge in [0.15, 0.2) is 0 Å². The number of fused-ring (bicyclic) bond motifs is 1. The van der Waals surface area contributed by atoms with Crippen LogP contribution in [0, 0.1) is 0 Å². The molecule has 14 heteroatoms. The molecule has 1 unspecified atom stereocenters. The topological polar surface area (TPSA) is 209 Å². The van der Waals surface area contributed by atoms with Crippen LogP contribution in [0.25, 0.3) is 5.52 Å². The van der Waals surface area contributed by atoms with E-state index >= 15 is 0 Å². The average Bonchev–Trinajstić information content (AvgIpc) is 2.84. The Balaban J connectivity index is 1.70. The standard InChI is InChI=1S/C22H24N6O7S/c23-22(24)25-8-9-35-16-7-6-15-10-14(11-19(29)28(15)13-16)20(30)26-12-18(21(31)32)27-36(33,34)17-4-2-1-3-5-17/h1-7,10-11,13,18,27H,8-9,12H2,(H,26,30)(H,31,32)(H4,23,24,25)/p+1. The molecule has 1 aromatic carbocycles. The first-order chi connectivity index (χ1) is 17.1. The van der Waals surface area contributed by atoms with Crippen molar-refractivity contribution in [3.8, 4) is 5.75 Å². The van der Waals surface area contributed by atoms with Gasteiger partial charge in [0.05, 0.1) is 17.6 Å². The lowest BCUT2D eigenvalue weighted by Crippen LogP contribution is -2.79. The van der Waals surface area contributed by atoms with Crippen LogP contribution in [0.5, 0.6) is 5.75 Å². The van der Waals surface area contributed by atoms with Crippen molar-refractivity contribution in [1.29, 1.82) is 0 Å². The van der Waals surface area contributed by atoms with Gasteiger partial charge >= 0.3 is 11.9 Å². The van der Waals surface area contributed by atoms with Crippen LogP contribution in [0.2, 0.25) is 0 Å². The van der Waals surface area contributed by atoms with Gasteiger partial charge < -0.3 is 15.2 Å². The summed E-state index contributed by atoms with van der Waals surface area (Å²) in [5, 5.41) is 11.8. The molecule has 2 heterocycles. The number of aromatic nitrogens is 1. The number of nitrogens with one attached hydrogen (secondary N) is 3. The highest BCUT2D eigenvalue weighted by Gasteiger charge is 2.26. The van der Waals surface area contributed by atoms with E-state index in [1.165, 1.54) is 40.9 Å². The predicted octanol–water partition coefficient (Wildman–Crippen LogP) is -2.81. The van der Waals surface area contributed by atoms with Crippen molar-refractivity contribution >= 4 is 33.4 Å². The van der Waals surface area contributed by atoms with Gasteiger partial charge in [-0.25, -0.2) is 8.42 Å². The number of amides is 1. The van der Waals surface area contributed by atoms with E-state index in [1.54, 1.807) is 18.2 Å². The first kappa shape index (κ1) is 26.2. The molecule has 0 spiro atoms. The number of hydrogen-bond acceptors (Lipinski definition) is 6. The second kappa shape index (κ2) is 11.3. The molecule has 0 aliphatic rings. The fourth-order valence-electron chi connectivity index (χ4n) is 3.12. The van der Waals surface area contributed by atoms with Crippen molar-refractivity contribution in [2.75, 3.05) is 19.7 Å². The molecule has 190 valence electrons. The number of carboxylic acids is 1. The van der Waals surface area contributed by atoms with Gasteiger partial charge in [-0.2, -0.15) is 4.72 Å². The number of pyridine rings is 2. The Morgan fingerprint density at radius 2 is 1.83 bits per heavy atom. The normalized spacial score (nSPS) is 12.0. The van der Waals surface area contributed by atoms with Crippen LogP contribution >= 0.6 is 0 Å². The number of carbonyl (C=O) groups excluding carboxylic acids is 1. The fraction of sp³-hybridized carbons (Fsp3) is 0.182. The van der Waals surface area contributed by atoms with E-state index in [-0.39, 0.29) is 23.0 Å². The highest BCUT2D eigenvalue weighted by Crippen LogP contribution is 2.13. The van der Waals surface area contributed by atoms with Crippen LogP contribution in [0.3, 0.4) is 0 Å². The third kappa shape index (κ3) is 6.80. The molecule has 0 saturated carbocycles. The van der Waals surface area contributed by atoms with Crippen LogP contribution in [-0.2, 0) is 14.8 Å². The summed E-state index contributed by atoms with van der Waals surface area (Å²) in [4.78, 5) is 39.3. The highest BCUT2D eigenvalue weighted by atomic mass is 32.2. The van der Waals surface area contributed by atoms with Crippen LogP contribution in [-0.4, -0.2) is 61.5 Å². The summed E-state index contributed by atoms with van der Waals surface area (Å²) in [5.74, 6) is -1.78. The third-order valence-corrected chi connectivity index (χ3v) is 6.34. The number of rotatable bonds is 11. The Morgan fingerprint density at radius 3 is 2.50 bits per heavy atom. The van der Waals surface area contributed by atoms with Crippen LogP contribution < -0.4 is 36.8 Å². The van der Waals surface area contributed by atoms with Gasteiger partial charge in [0, 0.05) is 23.7 Å². The summed E-state index contributed by atoms with van der Waals surface area (Å²) < 4.78 is 33.7.